The zero-order valence-electron chi connectivity index (χ0n) is 14.1. The van der Waals surface area contributed by atoms with Crippen LogP contribution in [0.2, 0.25) is 0 Å². The quantitative estimate of drug-likeness (QED) is 0.682. The molecule has 1 aliphatic rings. The fraction of sp³-hybridized carbons (Fsp3) is 0.375. The molecule has 1 fully saturated rings. The van der Waals surface area contributed by atoms with E-state index in [0.29, 0.717) is 17.4 Å². The molecule has 1 N–H and O–H groups in total. The monoisotopic (exact) mass is 484 g/mol. The number of sulfonamides is 1. The lowest BCUT2D eigenvalue weighted by atomic mass is 10.1. The second kappa shape index (κ2) is 7.61. The average molecular weight is 485 g/mol. The van der Waals surface area contributed by atoms with Crippen LogP contribution in [0.25, 0.3) is 0 Å². The third-order valence-electron chi connectivity index (χ3n) is 3.99. The Hall–Kier alpha value is -1.30. The van der Waals surface area contributed by atoms with E-state index in [9.17, 15) is 21.6 Å². The summed E-state index contributed by atoms with van der Waals surface area (Å²) in [4.78, 5) is 1.96. The van der Waals surface area contributed by atoms with Crippen LogP contribution in [0.15, 0.2) is 38.3 Å². The second-order valence-electron chi connectivity index (χ2n) is 6.19. The number of ether oxygens (including phenoxy) is 1. The lowest BCUT2D eigenvalue weighted by molar-refractivity contribution is -0.139. The van der Waals surface area contributed by atoms with E-state index in [4.69, 9.17) is 4.74 Å². The Kier molecular flexibility index (Phi) is 5.76. The van der Waals surface area contributed by atoms with Gasteiger partial charge in [0.05, 0.1) is 11.3 Å². The molecule has 0 radical (unpaired) electrons. The van der Waals surface area contributed by atoms with Crippen molar-refractivity contribution in [1.29, 1.82) is 0 Å². The minimum atomic E-state index is -4.60. The van der Waals surface area contributed by atoms with Crippen LogP contribution in [0.3, 0.4) is 0 Å². The molecular formula is C16H16BrF3N2O3S2. The van der Waals surface area contributed by atoms with E-state index < -0.39 is 21.8 Å². The molecule has 0 unspecified atom stereocenters. The number of likely N-dealkylation sites (N-methyl/N-ethyl adjacent to an activating group) is 1. The molecule has 27 heavy (non-hydrogen) atoms. The van der Waals surface area contributed by atoms with E-state index in [1.54, 1.807) is 5.38 Å². The molecule has 0 amide bonds. The third-order valence-corrected chi connectivity index (χ3v) is 7.57. The first-order valence-electron chi connectivity index (χ1n) is 7.88. The summed E-state index contributed by atoms with van der Waals surface area (Å²) in [5.41, 5.74) is -0.923. The zero-order chi connectivity index (χ0) is 19.8. The number of nitrogens with one attached hydrogen (secondary N) is 1. The summed E-state index contributed by atoms with van der Waals surface area (Å²) in [5, 5.41) is 1.60. The zero-order valence-corrected chi connectivity index (χ0v) is 17.3. The van der Waals surface area contributed by atoms with Crippen molar-refractivity contribution in [3.05, 3.63) is 39.7 Å². The highest BCUT2D eigenvalue weighted by molar-refractivity contribution is 9.10. The highest BCUT2D eigenvalue weighted by Gasteiger charge is 2.36. The maximum Gasteiger partial charge on any atom is 0.419 e. The van der Waals surface area contributed by atoms with Gasteiger partial charge in [-0.3, -0.25) is 4.72 Å². The van der Waals surface area contributed by atoms with Crippen molar-refractivity contribution in [1.82, 2.24) is 4.90 Å². The number of hydrogen-bond donors (Lipinski definition) is 1. The van der Waals surface area contributed by atoms with Gasteiger partial charge in [0, 0.05) is 29.0 Å². The largest absolute Gasteiger partial charge is 0.488 e. The van der Waals surface area contributed by atoms with Gasteiger partial charge in [-0.15, -0.1) is 11.3 Å². The average Bonchev–Trinajstić information content (AvgIpc) is 3.15. The number of benzene rings is 1. The van der Waals surface area contributed by atoms with Crippen LogP contribution in [0, 0.1) is 0 Å². The molecule has 1 aliphatic heterocycles. The predicted molar refractivity (Wildman–Crippen MR) is 101 cm³/mol. The summed E-state index contributed by atoms with van der Waals surface area (Å²) in [6, 6.07) is 4.41. The van der Waals surface area contributed by atoms with Crippen molar-refractivity contribution in [2.75, 3.05) is 24.9 Å². The van der Waals surface area contributed by atoms with Crippen LogP contribution in [0.4, 0.5) is 18.9 Å². The van der Waals surface area contributed by atoms with Crippen molar-refractivity contribution in [3.63, 3.8) is 0 Å². The van der Waals surface area contributed by atoms with Gasteiger partial charge < -0.3 is 9.64 Å². The van der Waals surface area contributed by atoms with Gasteiger partial charge in [-0.2, -0.15) is 13.2 Å². The van der Waals surface area contributed by atoms with E-state index in [2.05, 4.69) is 20.7 Å². The van der Waals surface area contributed by atoms with Gasteiger partial charge in [-0.25, -0.2) is 8.42 Å². The van der Waals surface area contributed by atoms with E-state index in [0.717, 1.165) is 36.1 Å². The minimum Gasteiger partial charge on any atom is -0.488 e. The predicted octanol–water partition coefficient (Wildman–Crippen LogP) is 4.41. The Labute approximate surface area is 167 Å². The molecule has 1 saturated heterocycles. The molecule has 0 spiro atoms. The summed E-state index contributed by atoms with van der Waals surface area (Å²) in [7, 11) is -2.04. The standard InChI is InChI=1S/C16H16BrF3N2O3S2/c1-22-5-4-12(8-22)25-14-7-11(2-3-13(14)16(18,19)20)21-27(23,24)15-6-10(17)9-26-15/h2-3,6-7,9,12,21H,4-5,8H2,1H3/t12-/m1/s1. The van der Waals surface area contributed by atoms with Crippen molar-refractivity contribution < 1.29 is 26.3 Å². The van der Waals surface area contributed by atoms with E-state index in [-0.39, 0.29) is 21.8 Å². The molecule has 0 saturated carbocycles. The van der Waals surface area contributed by atoms with E-state index in [1.807, 2.05) is 11.9 Å². The van der Waals surface area contributed by atoms with Gasteiger partial charge in [0.1, 0.15) is 16.1 Å². The van der Waals surface area contributed by atoms with Gasteiger partial charge in [0.15, 0.2) is 0 Å². The molecule has 1 atom stereocenters. The highest BCUT2D eigenvalue weighted by Crippen LogP contribution is 2.39. The van der Waals surface area contributed by atoms with Crippen molar-refractivity contribution in [3.8, 4) is 5.75 Å². The number of anilines is 1. The summed E-state index contributed by atoms with van der Waals surface area (Å²) < 4.78 is 73.2. The fourth-order valence-electron chi connectivity index (χ4n) is 2.73. The molecule has 3 rings (SSSR count). The Morgan fingerprint density at radius 3 is 2.63 bits per heavy atom. The molecule has 0 aliphatic carbocycles. The topological polar surface area (TPSA) is 58.6 Å². The van der Waals surface area contributed by atoms with E-state index in [1.165, 1.54) is 6.07 Å². The molecule has 5 nitrogen and oxygen atoms in total. The maximum atomic E-state index is 13.3. The Morgan fingerprint density at radius 1 is 1.33 bits per heavy atom. The van der Waals surface area contributed by atoms with Crippen LogP contribution in [-0.4, -0.2) is 39.6 Å². The lowest BCUT2D eigenvalue weighted by Crippen LogP contribution is -2.23. The second-order valence-corrected chi connectivity index (χ2v) is 9.93. The normalized spacial score (nSPS) is 18.6. The Morgan fingerprint density at radius 2 is 2.07 bits per heavy atom. The van der Waals surface area contributed by atoms with Crippen molar-refractivity contribution >= 4 is 43.0 Å². The first kappa shape index (κ1) is 20.4. The lowest BCUT2D eigenvalue weighted by Gasteiger charge is -2.19. The summed E-state index contributed by atoms with van der Waals surface area (Å²) >= 11 is 4.18. The van der Waals surface area contributed by atoms with Gasteiger partial charge in [-0.1, -0.05) is 0 Å². The summed E-state index contributed by atoms with van der Waals surface area (Å²) in [5.74, 6) is -0.379. The number of halogens is 4. The molecular weight excluding hydrogens is 469 g/mol. The number of rotatable bonds is 5. The van der Waals surface area contributed by atoms with E-state index >= 15 is 0 Å². The number of nitrogens with zero attached hydrogens (tertiary/aromatic N) is 1. The van der Waals surface area contributed by atoms with Crippen LogP contribution in [0.5, 0.6) is 5.75 Å². The molecule has 0 bridgehead atoms. The molecule has 2 heterocycles. The summed E-state index contributed by atoms with van der Waals surface area (Å²) in [6.45, 7) is 1.24. The SMILES string of the molecule is CN1CC[C@@H](Oc2cc(NS(=O)(=O)c3cc(Br)cs3)ccc2C(F)(F)F)C1. The minimum absolute atomic E-state index is 0.00822. The number of alkyl halides is 3. The Bertz CT molecular complexity index is 931. The Balaban J connectivity index is 1.89. The highest BCUT2D eigenvalue weighted by atomic mass is 79.9. The van der Waals surface area contributed by atoms with Crippen LogP contribution < -0.4 is 9.46 Å². The smallest absolute Gasteiger partial charge is 0.419 e. The van der Waals surface area contributed by atoms with Crippen LogP contribution in [0.1, 0.15) is 12.0 Å². The van der Waals surface area contributed by atoms with Crippen LogP contribution in [-0.2, 0) is 16.2 Å². The van der Waals surface area contributed by atoms with Gasteiger partial charge in [0.2, 0.25) is 0 Å². The van der Waals surface area contributed by atoms with Gasteiger partial charge >= 0.3 is 6.18 Å². The fourth-order valence-corrected chi connectivity index (χ4v) is 5.63. The third kappa shape index (κ3) is 4.95. The molecule has 1 aromatic carbocycles. The number of thiophene rings is 1. The maximum absolute atomic E-state index is 13.3. The number of likely N-dealkylation sites (tertiary alicyclic amines) is 1. The number of hydrogen-bond acceptors (Lipinski definition) is 5. The molecule has 2 aromatic rings. The molecule has 1 aromatic heterocycles. The molecule has 148 valence electrons. The van der Waals surface area contributed by atoms with Gasteiger partial charge in [0.25, 0.3) is 10.0 Å². The van der Waals surface area contributed by atoms with Crippen LogP contribution >= 0.6 is 27.3 Å². The first-order chi connectivity index (χ1) is 12.5. The van der Waals surface area contributed by atoms with Crippen molar-refractivity contribution in [2.45, 2.75) is 22.9 Å². The van der Waals surface area contributed by atoms with Crippen molar-refractivity contribution in [2.24, 2.45) is 0 Å². The first-order valence-corrected chi connectivity index (χ1v) is 11.0. The summed E-state index contributed by atoms with van der Waals surface area (Å²) in [6.07, 6.45) is -4.38. The van der Waals surface area contributed by atoms with Gasteiger partial charge in [-0.05, 0) is 47.6 Å². The molecule has 11 heteroatoms.